The highest BCUT2D eigenvalue weighted by molar-refractivity contribution is 7.89. The van der Waals surface area contributed by atoms with Gasteiger partial charge in [-0.3, -0.25) is 14.6 Å². The fraction of sp³-hybridized carbons (Fsp3) is 0.524. The van der Waals surface area contributed by atoms with E-state index >= 15 is 0 Å². The summed E-state index contributed by atoms with van der Waals surface area (Å²) < 4.78 is 85.2. The van der Waals surface area contributed by atoms with Crippen LogP contribution in [0.3, 0.4) is 0 Å². The van der Waals surface area contributed by atoms with Crippen LogP contribution < -0.4 is 21.3 Å². The van der Waals surface area contributed by atoms with Crippen molar-refractivity contribution in [2.75, 3.05) is 31.9 Å². The number of aromatic nitrogens is 1. The second kappa shape index (κ2) is 21.0. The summed E-state index contributed by atoms with van der Waals surface area (Å²) in [6.07, 6.45) is -6.61. The molecule has 342 valence electrons. The smallest absolute Gasteiger partial charge is 0.416 e. The molecule has 16 nitrogen and oxygen atoms in total. The minimum absolute atomic E-state index is 0.235. The number of carbonyl (C=O) groups is 5. The number of nitrogens with one attached hydrogen (secondary N) is 4. The topological polar surface area (TPSA) is 211 Å². The van der Waals surface area contributed by atoms with Crippen molar-refractivity contribution in [3.8, 4) is 0 Å². The zero-order valence-corrected chi connectivity index (χ0v) is 37.2. The van der Waals surface area contributed by atoms with Crippen LogP contribution in [0.1, 0.15) is 79.0 Å². The van der Waals surface area contributed by atoms with Crippen LogP contribution in [0.4, 0.5) is 27.6 Å². The number of pyridine rings is 1. The Hall–Kier alpha value is -5.50. The van der Waals surface area contributed by atoms with Gasteiger partial charge < -0.3 is 35.5 Å². The van der Waals surface area contributed by atoms with E-state index in [1.165, 1.54) is 27.0 Å². The number of hydrogen-bond acceptors (Lipinski definition) is 11. The Balaban J connectivity index is 1.97. The zero-order chi connectivity index (χ0) is 46.7. The molecule has 1 aromatic heterocycles. The summed E-state index contributed by atoms with van der Waals surface area (Å²) in [5.41, 5.74) is -2.40. The number of nitrogens with zero attached hydrogens (tertiary/aromatic N) is 2. The molecule has 0 radical (unpaired) electrons. The molecule has 4 amide bonds. The average molecular weight is 895 g/mol. The summed E-state index contributed by atoms with van der Waals surface area (Å²) in [4.78, 5) is 70.5. The molecule has 62 heavy (non-hydrogen) atoms. The number of halogens is 3. The summed E-state index contributed by atoms with van der Waals surface area (Å²) in [5, 5.41) is 10.4. The summed E-state index contributed by atoms with van der Waals surface area (Å²) >= 11 is 0. The standard InChI is InChI=1S/C42H57F3N6O10S/c1-39(2,3)59-36(54)46-18-20-51(21-19-47-37(55)60-40(4,5)6)62(57,58)26-33(50-38(56)61-41(7,8)9)35(53)49-32(23-27-14-16-30(17-15-27)42(43,44)45)34(52)24-28-22-29-12-10-11-13-31(29)48-25-28/h10-17,22,25,32-33H,18-21,23-24,26H2,1-9H3,(H,46,54)(H,47,55)(H,49,53)(H,50,56)/t32-,33-/m0/s1. The highest BCUT2D eigenvalue weighted by Crippen LogP contribution is 2.29. The van der Waals surface area contributed by atoms with Gasteiger partial charge in [0.2, 0.25) is 15.9 Å². The Morgan fingerprint density at radius 2 is 1.21 bits per heavy atom. The lowest BCUT2D eigenvalue weighted by Crippen LogP contribution is -2.57. The first-order valence-corrected chi connectivity index (χ1v) is 21.3. The zero-order valence-electron chi connectivity index (χ0n) is 36.4. The number of alkyl carbamates (subject to hydrolysis) is 3. The number of benzene rings is 2. The first kappa shape index (κ1) is 50.9. The third-order valence-electron chi connectivity index (χ3n) is 8.29. The Morgan fingerprint density at radius 3 is 1.73 bits per heavy atom. The molecule has 0 fully saturated rings. The largest absolute Gasteiger partial charge is 0.444 e. The van der Waals surface area contributed by atoms with Crippen molar-refractivity contribution < 1.29 is 59.8 Å². The van der Waals surface area contributed by atoms with Gasteiger partial charge in [0.05, 0.1) is 22.9 Å². The third-order valence-corrected chi connectivity index (χ3v) is 10.2. The Labute approximate surface area is 360 Å². The number of hydrogen-bond donors (Lipinski definition) is 4. The quantitative estimate of drug-likeness (QED) is 0.121. The van der Waals surface area contributed by atoms with Gasteiger partial charge in [-0.15, -0.1) is 0 Å². The van der Waals surface area contributed by atoms with Crippen LogP contribution in [-0.4, -0.2) is 108 Å². The predicted octanol–water partition coefficient (Wildman–Crippen LogP) is 5.67. The Kier molecular flexibility index (Phi) is 17.3. The first-order valence-electron chi connectivity index (χ1n) is 19.7. The van der Waals surface area contributed by atoms with Gasteiger partial charge >= 0.3 is 24.5 Å². The molecule has 0 saturated heterocycles. The van der Waals surface area contributed by atoms with Crippen LogP contribution in [-0.2, 0) is 52.8 Å². The van der Waals surface area contributed by atoms with Gasteiger partial charge in [-0.2, -0.15) is 17.5 Å². The molecule has 20 heteroatoms. The van der Waals surface area contributed by atoms with Gasteiger partial charge in [0.25, 0.3) is 0 Å². The molecule has 3 rings (SSSR count). The maximum absolute atomic E-state index is 14.2. The molecule has 3 aromatic rings. The molecule has 4 N–H and O–H groups in total. The number of rotatable bonds is 17. The SMILES string of the molecule is CC(C)(C)OC(=O)NCCN(CCNC(=O)OC(C)(C)C)S(=O)(=O)C[C@H](NC(=O)OC(C)(C)C)C(=O)N[C@@H](Cc1ccc(C(F)(F)F)cc1)C(=O)Cc1cnc2ccccc2c1. The number of Topliss-reactive ketones (excluding diaryl/α,β-unsaturated/α-hetero) is 1. The van der Waals surface area contributed by atoms with E-state index < -0.39 is 86.4 Å². The van der Waals surface area contributed by atoms with Crippen molar-refractivity contribution in [2.45, 2.75) is 110 Å². The summed E-state index contributed by atoms with van der Waals surface area (Å²) in [5.74, 6) is -2.84. The highest BCUT2D eigenvalue weighted by atomic mass is 32.2. The highest BCUT2D eigenvalue weighted by Gasteiger charge is 2.35. The first-order chi connectivity index (χ1) is 28.5. The summed E-state index contributed by atoms with van der Waals surface area (Å²) in [6, 6.07) is 9.47. The van der Waals surface area contributed by atoms with Crippen molar-refractivity contribution in [1.82, 2.24) is 30.6 Å². The molecule has 2 aromatic carbocycles. The van der Waals surface area contributed by atoms with Crippen LogP contribution in [0.25, 0.3) is 10.9 Å². The fourth-order valence-electron chi connectivity index (χ4n) is 5.65. The average Bonchev–Trinajstić information content (AvgIpc) is 3.11. The number of fused-ring (bicyclic) bond motifs is 1. The molecular weight excluding hydrogens is 838 g/mol. The van der Waals surface area contributed by atoms with E-state index in [1.807, 2.05) is 0 Å². The van der Waals surface area contributed by atoms with Gasteiger partial charge in [0.15, 0.2) is 5.78 Å². The minimum Gasteiger partial charge on any atom is -0.444 e. The molecular formula is C42H57F3N6O10S. The van der Waals surface area contributed by atoms with Crippen molar-refractivity contribution in [3.63, 3.8) is 0 Å². The van der Waals surface area contributed by atoms with Gasteiger partial charge in [0.1, 0.15) is 22.8 Å². The molecule has 0 unspecified atom stereocenters. The van der Waals surface area contributed by atoms with Crippen LogP contribution in [0, 0.1) is 0 Å². The number of amides is 4. The second-order valence-electron chi connectivity index (χ2n) is 17.4. The van der Waals surface area contributed by atoms with Crippen LogP contribution in [0.2, 0.25) is 0 Å². The van der Waals surface area contributed by atoms with Crippen LogP contribution in [0.15, 0.2) is 60.8 Å². The maximum atomic E-state index is 14.2. The van der Waals surface area contributed by atoms with Crippen molar-refractivity contribution in [1.29, 1.82) is 0 Å². The van der Waals surface area contributed by atoms with E-state index in [2.05, 4.69) is 26.3 Å². The summed E-state index contributed by atoms with van der Waals surface area (Å²) in [6.45, 7) is 13.1. The van der Waals surface area contributed by atoms with Crippen molar-refractivity contribution in [3.05, 3.63) is 77.5 Å². The number of sulfonamides is 1. The normalized spacial score (nSPS) is 13.4. The van der Waals surface area contributed by atoms with E-state index in [9.17, 15) is 45.6 Å². The molecule has 0 aliphatic rings. The van der Waals surface area contributed by atoms with E-state index in [0.717, 1.165) is 34.0 Å². The van der Waals surface area contributed by atoms with E-state index in [0.29, 0.717) is 11.1 Å². The monoisotopic (exact) mass is 894 g/mol. The van der Waals surface area contributed by atoms with Gasteiger partial charge in [0, 0.05) is 44.2 Å². The predicted molar refractivity (Wildman–Crippen MR) is 225 cm³/mol. The van der Waals surface area contributed by atoms with Crippen LogP contribution >= 0.6 is 0 Å². The number of ether oxygens (including phenoxy) is 3. The molecule has 0 aliphatic heterocycles. The van der Waals surface area contributed by atoms with E-state index in [-0.39, 0.29) is 44.6 Å². The second-order valence-corrected chi connectivity index (χ2v) is 19.4. The van der Waals surface area contributed by atoms with E-state index in [4.69, 9.17) is 14.2 Å². The van der Waals surface area contributed by atoms with Gasteiger partial charge in [-0.1, -0.05) is 30.3 Å². The van der Waals surface area contributed by atoms with Crippen LogP contribution in [0.5, 0.6) is 0 Å². The lowest BCUT2D eigenvalue weighted by Gasteiger charge is -2.28. The Bertz CT molecular complexity index is 2110. The lowest BCUT2D eigenvalue weighted by atomic mass is 9.96. The Morgan fingerprint density at radius 1 is 0.694 bits per heavy atom. The molecule has 1 heterocycles. The third kappa shape index (κ3) is 18.2. The van der Waals surface area contributed by atoms with E-state index in [1.54, 1.807) is 71.9 Å². The number of ketones is 1. The minimum atomic E-state index is -4.64. The maximum Gasteiger partial charge on any atom is 0.416 e. The number of para-hydroxylation sites is 1. The van der Waals surface area contributed by atoms with Gasteiger partial charge in [-0.05, 0) is 104 Å². The van der Waals surface area contributed by atoms with Crippen molar-refractivity contribution in [2.24, 2.45) is 0 Å². The molecule has 0 saturated carbocycles. The van der Waals surface area contributed by atoms with Gasteiger partial charge in [-0.25, -0.2) is 22.8 Å². The van der Waals surface area contributed by atoms with Crippen molar-refractivity contribution >= 4 is 50.9 Å². The summed E-state index contributed by atoms with van der Waals surface area (Å²) in [7, 11) is -4.61. The molecule has 0 spiro atoms. The lowest BCUT2D eigenvalue weighted by molar-refractivity contribution is -0.137. The molecule has 0 bridgehead atoms. The number of alkyl halides is 3. The fourth-order valence-corrected chi connectivity index (χ4v) is 7.26. The molecule has 2 atom stereocenters. The molecule has 0 aliphatic carbocycles. The number of carbonyl (C=O) groups excluding carboxylic acids is 5.